The van der Waals surface area contributed by atoms with Crippen LogP contribution in [0.1, 0.15) is 20.3 Å². The molecule has 0 bridgehead atoms. The molecule has 0 fully saturated rings. The Labute approximate surface area is 116 Å². The summed E-state index contributed by atoms with van der Waals surface area (Å²) < 4.78 is 19.1. The average Bonchev–Trinajstić information content (AvgIpc) is 2.35. The van der Waals surface area contributed by atoms with E-state index in [1.54, 1.807) is 13.2 Å². The molecule has 1 unspecified atom stereocenters. The monoisotopic (exact) mass is 318 g/mol. The highest BCUT2D eigenvalue weighted by molar-refractivity contribution is 9.10. The maximum atomic E-state index is 13.6. The Morgan fingerprint density at radius 1 is 1.50 bits per heavy atom. The Kier molecular flexibility index (Phi) is 5.88. The number of anilines is 2. The predicted octanol–water partition coefficient (Wildman–Crippen LogP) is 3.42. The van der Waals surface area contributed by atoms with Crippen molar-refractivity contribution in [3.8, 4) is 0 Å². The quantitative estimate of drug-likeness (QED) is 0.817. The highest BCUT2D eigenvalue weighted by Gasteiger charge is 2.17. The van der Waals surface area contributed by atoms with Crippen molar-refractivity contribution in [2.24, 2.45) is 0 Å². The average molecular weight is 319 g/mol. The van der Waals surface area contributed by atoms with Crippen LogP contribution in [0.4, 0.5) is 15.8 Å². The zero-order valence-electron chi connectivity index (χ0n) is 11.0. The van der Waals surface area contributed by atoms with E-state index in [1.165, 1.54) is 6.07 Å². The van der Waals surface area contributed by atoms with Gasteiger partial charge in [0.15, 0.2) is 0 Å². The third-order valence-corrected chi connectivity index (χ3v) is 3.65. The molecular formula is C13H20BrFN2O. The van der Waals surface area contributed by atoms with Gasteiger partial charge in [0.1, 0.15) is 5.82 Å². The van der Waals surface area contributed by atoms with Gasteiger partial charge in [-0.2, -0.15) is 0 Å². The number of methoxy groups -OCH3 is 1. The molecule has 3 nitrogen and oxygen atoms in total. The van der Waals surface area contributed by atoms with Crippen molar-refractivity contribution in [3.05, 3.63) is 22.4 Å². The lowest BCUT2D eigenvalue weighted by atomic mass is 10.1. The van der Waals surface area contributed by atoms with Crippen LogP contribution in [-0.2, 0) is 4.74 Å². The van der Waals surface area contributed by atoms with Gasteiger partial charge in [0.25, 0.3) is 0 Å². The van der Waals surface area contributed by atoms with E-state index in [1.807, 2.05) is 0 Å². The minimum Gasteiger partial charge on any atom is -0.397 e. The Morgan fingerprint density at radius 3 is 2.72 bits per heavy atom. The first-order valence-electron chi connectivity index (χ1n) is 6.01. The molecule has 0 spiro atoms. The van der Waals surface area contributed by atoms with Crippen LogP contribution in [-0.4, -0.2) is 26.3 Å². The van der Waals surface area contributed by atoms with E-state index >= 15 is 0 Å². The predicted molar refractivity (Wildman–Crippen MR) is 77.5 cm³/mol. The van der Waals surface area contributed by atoms with Gasteiger partial charge in [0, 0.05) is 25.8 Å². The van der Waals surface area contributed by atoms with E-state index < -0.39 is 0 Å². The number of halogens is 2. The molecule has 1 aromatic carbocycles. The van der Waals surface area contributed by atoms with E-state index in [4.69, 9.17) is 10.5 Å². The molecule has 5 heteroatoms. The summed E-state index contributed by atoms with van der Waals surface area (Å²) in [5, 5.41) is 0. The first-order valence-corrected chi connectivity index (χ1v) is 6.80. The Balaban J connectivity index is 3.07. The highest BCUT2D eigenvalue weighted by Crippen LogP contribution is 2.31. The number of hydrogen-bond acceptors (Lipinski definition) is 3. The van der Waals surface area contributed by atoms with E-state index in [0.29, 0.717) is 23.3 Å². The first kappa shape index (κ1) is 15.2. The van der Waals surface area contributed by atoms with Crippen molar-refractivity contribution >= 4 is 27.3 Å². The van der Waals surface area contributed by atoms with Gasteiger partial charge in [-0.3, -0.25) is 0 Å². The third-order valence-electron chi connectivity index (χ3n) is 3.04. The SMILES string of the molecule is CCC(C)N(CCOC)c1cc(F)c(Br)cc1N. The van der Waals surface area contributed by atoms with Gasteiger partial charge in [-0.15, -0.1) is 0 Å². The maximum Gasteiger partial charge on any atom is 0.139 e. The van der Waals surface area contributed by atoms with E-state index in [2.05, 4.69) is 34.7 Å². The van der Waals surface area contributed by atoms with Crippen LogP contribution in [0.15, 0.2) is 16.6 Å². The third kappa shape index (κ3) is 3.59. The molecular weight excluding hydrogens is 299 g/mol. The Hall–Kier alpha value is -0.810. The molecule has 0 heterocycles. The molecule has 2 N–H and O–H groups in total. The van der Waals surface area contributed by atoms with Gasteiger partial charge in [-0.25, -0.2) is 4.39 Å². The van der Waals surface area contributed by atoms with E-state index in [9.17, 15) is 4.39 Å². The summed E-state index contributed by atoms with van der Waals surface area (Å²) in [6.07, 6.45) is 0.959. The number of nitrogen functional groups attached to an aromatic ring is 1. The molecule has 0 aliphatic heterocycles. The molecule has 1 aromatic rings. The molecule has 18 heavy (non-hydrogen) atoms. The molecule has 0 saturated heterocycles. The normalized spacial score (nSPS) is 12.5. The van der Waals surface area contributed by atoms with Gasteiger partial charge in [0.2, 0.25) is 0 Å². The van der Waals surface area contributed by atoms with Gasteiger partial charge >= 0.3 is 0 Å². The van der Waals surface area contributed by atoms with Gasteiger partial charge in [0.05, 0.1) is 22.5 Å². The summed E-state index contributed by atoms with van der Waals surface area (Å²) in [5.74, 6) is -0.301. The second-order valence-corrected chi connectivity index (χ2v) is 5.12. The van der Waals surface area contributed by atoms with Crippen molar-refractivity contribution in [3.63, 3.8) is 0 Å². The lowest BCUT2D eigenvalue weighted by Gasteiger charge is -2.31. The van der Waals surface area contributed by atoms with Crippen LogP contribution >= 0.6 is 15.9 Å². The van der Waals surface area contributed by atoms with Crippen LogP contribution in [0, 0.1) is 5.82 Å². The molecule has 0 saturated carbocycles. The van der Waals surface area contributed by atoms with Crippen LogP contribution < -0.4 is 10.6 Å². The molecule has 1 rings (SSSR count). The smallest absolute Gasteiger partial charge is 0.139 e. The summed E-state index contributed by atoms with van der Waals surface area (Å²) in [5.41, 5.74) is 7.27. The van der Waals surface area contributed by atoms with Gasteiger partial charge in [-0.05, 0) is 35.3 Å². The topological polar surface area (TPSA) is 38.5 Å². The van der Waals surface area contributed by atoms with Crippen molar-refractivity contribution in [2.75, 3.05) is 30.9 Å². The standard InChI is InChI=1S/C13H20BrFN2O/c1-4-9(2)17(5-6-18-3)13-8-11(15)10(14)7-12(13)16/h7-9H,4-6,16H2,1-3H3. The van der Waals surface area contributed by atoms with Crippen LogP contribution in [0.5, 0.6) is 0 Å². The fraction of sp³-hybridized carbons (Fsp3) is 0.538. The fourth-order valence-corrected chi connectivity index (χ4v) is 2.15. The van der Waals surface area contributed by atoms with Crippen molar-refractivity contribution in [1.29, 1.82) is 0 Å². The number of nitrogens with two attached hydrogens (primary N) is 1. The number of rotatable bonds is 6. The number of nitrogens with zero attached hydrogens (tertiary/aromatic N) is 1. The number of ether oxygens (including phenoxy) is 1. The summed E-state index contributed by atoms with van der Waals surface area (Å²) in [4.78, 5) is 2.08. The van der Waals surface area contributed by atoms with Crippen molar-refractivity contribution in [2.45, 2.75) is 26.3 Å². The summed E-state index contributed by atoms with van der Waals surface area (Å²) in [6, 6.07) is 3.36. The van der Waals surface area contributed by atoms with Crippen LogP contribution in [0.3, 0.4) is 0 Å². The number of hydrogen-bond donors (Lipinski definition) is 1. The summed E-state index contributed by atoms with van der Waals surface area (Å²) in [7, 11) is 1.65. The Morgan fingerprint density at radius 2 is 2.17 bits per heavy atom. The van der Waals surface area contributed by atoms with Gasteiger partial charge < -0.3 is 15.4 Å². The first-order chi connectivity index (χ1) is 8.51. The zero-order chi connectivity index (χ0) is 13.7. The maximum absolute atomic E-state index is 13.6. The molecule has 1 atom stereocenters. The molecule has 0 aromatic heterocycles. The molecule has 0 aliphatic rings. The van der Waals surface area contributed by atoms with E-state index in [-0.39, 0.29) is 11.9 Å². The van der Waals surface area contributed by atoms with Crippen LogP contribution in [0.25, 0.3) is 0 Å². The molecule has 0 radical (unpaired) electrons. The largest absolute Gasteiger partial charge is 0.397 e. The highest BCUT2D eigenvalue weighted by atomic mass is 79.9. The number of benzene rings is 1. The minimum absolute atomic E-state index is 0.281. The summed E-state index contributed by atoms with van der Waals surface area (Å²) >= 11 is 3.14. The summed E-state index contributed by atoms with van der Waals surface area (Å²) in [6.45, 7) is 5.46. The molecule has 102 valence electrons. The lowest BCUT2D eigenvalue weighted by Crippen LogP contribution is -2.36. The lowest BCUT2D eigenvalue weighted by molar-refractivity contribution is 0.203. The molecule has 0 aliphatic carbocycles. The minimum atomic E-state index is -0.301. The van der Waals surface area contributed by atoms with Crippen molar-refractivity contribution in [1.82, 2.24) is 0 Å². The Bertz CT molecular complexity index is 401. The van der Waals surface area contributed by atoms with Crippen molar-refractivity contribution < 1.29 is 9.13 Å². The second kappa shape index (κ2) is 6.95. The molecule has 0 amide bonds. The zero-order valence-corrected chi connectivity index (χ0v) is 12.6. The van der Waals surface area contributed by atoms with E-state index in [0.717, 1.165) is 12.1 Å². The van der Waals surface area contributed by atoms with Gasteiger partial charge in [-0.1, -0.05) is 6.92 Å². The second-order valence-electron chi connectivity index (χ2n) is 4.27. The van der Waals surface area contributed by atoms with Crippen LogP contribution in [0.2, 0.25) is 0 Å². The fourth-order valence-electron chi connectivity index (χ4n) is 1.79.